The number of aliphatic hydroxyl groups excluding tert-OH is 5. The van der Waals surface area contributed by atoms with Crippen molar-refractivity contribution in [2.24, 2.45) is 5.92 Å². The second kappa shape index (κ2) is 20.0. The Labute approximate surface area is 370 Å². The molecule has 2 fully saturated rings. The molecule has 3 aromatic carbocycles. The number of ether oxygens (including phenoxy) is 3. The van der Waals surface area contributed by atoms with Crippen molar-refractivity contribution >= 4 is 42.4 Å². The molecule has 0 bridgehead atoms. The second-order valence-electron chi connectivity index (χ2n) is 17.8. The number of rotatable bonds is 16. The summed E-state index contributed by atoms with van der Waals surface area (Å²) in [6.07, 6.45) is -4.10. The minimum Gasteiger partial charge on any atom is -0.497 e. The van der Waals surface area contributed by atoms with Gasteiger partial charge in [-0.1, -0.05) is 91.0 Å². The maximum absolute atomic E-state index is 15.5. The van der Waals surface area contributed by atoms with Gasteiger partial charge in [-0.15, -0.1) is 0 Å². The van der Waals surface area contributed by atoms with Crippen LogP contribution in [0.4, 0.5) is 11.4 Å². The van der Waals surface area contributed by atoms with Crippen LogP contribution in [0.3, 0.4) is 0 Å². The third-order valence-electron chi connectivity index (χ3n) is 13.0. The van der Waals surface area contributed by atoms with Gasteiger partial charge < -0.3 is 54.9 Å². The molecule has 63 heavy (non-hydrogen) atoms. The Hall–Kier alpha value is -4.71. The van der Waals surface area contributed by atoms with E-state index in [9.17, 15) is 35.1 Å². The van der Waals surface area contributed by atoms with Crippen LogP contribution in [0.5, 0.6) is 5.75 Å². The molecule has 0 unspecified atom stereocenters. The Morgan fingerprint density at radius 3 is 2.30 bits per heavy atom. The quantitative estimate of drug-likeness (QED) is 0.0895. The lowest BCUT2D eigenvalue weighted by Crippen LogP contribution is -2.60. The number of nitrogens with zero attached hydrogens (tertiary/aromatic N) is 2. The summed E-state index contributed by atoms with van der Waals surface area (Å²) < 4.78 is 17.9. The summed E-state index contributed by atoms with van der Waals surface area (Å²) in [7, 11) is -1.08. The van der Waals surface area contributed by atoms with E-state index in [0.717, 1.165) is 29.2 Å². The van der Waals surface area contributed by atoms with E-state index in [2.05, 4.69) is 38.3 Å². The maximum Gasteiger partial charge on any atom is 0.264 e. The van der Waals surface area contributed by atoms with Crippen LogP contribution in [-0.4, -0.2) is 120 Å². The van der Waals surface area contributed by atoms with E-state index in [-0.39, 0.29) is 55.7 Å². The summed E-state index contributed by atoms with van der Waals surface area (Å²) in [6, 6.07) is 22.5. The molecule has 6 rings (SSSR count). The van der Waals surface area contributed by atoms with E-state index >= 15 is 4.79 Å². The van der Waals surface area contributed by atoms with Crippen molar-refractivity contribution in [3.05, 3.63) is 107 Å². The zero-order chi connectivity index (χ0) is 45.8. The largest absolute Gasteiger partial charge is 0.497 e. The van der Waals surface area contributed by atoms with E-state index < -0.39 is 62.3 Å². The number of hydrogen-bond donors (Lipinski definition) is 6. The van der Waals surface area contributed by atoms with Crippen molar-refractivity contribution in [3.63, 3.8) is 0 Å². The number of anilines is 2. The first-order valence-electron chi connectivity index (χ1n) is 21.6. The normalized spacial score (nSPS) is 27.0. The molecule has 0 radical (unpaired) electrons. The van der Waals surface area contributed by atoms with Crippen molar-refractivity contribution < 1.29 is 54.1 Å². The molecule has 6 N–H and O–H groups in total. The summed E-state index contributed by atoms with van der Waals surface area (Å²) in [5.74, 6) is -1.23. The summed E-state index contributed by atoms with van der Waals surface area (Å²) in [4.78, 5) is 46.9. The first-order chi connectivity index (χ1) is 29.9. The van der Waals surface area contributed by atoms with Gasteiger partial charge in [-0.05, 0) is 75.0 Å². The Balaban J connectivity index is 1.43. The van der Waals surface area contributed by atoms with Gasteiger partial charge in [0, 0.05) is 36.8 Å². The average molecular weight is 886 g/mol. The van der Waals surface area contributed by atoms with E-state index in [1.165, 1.54) is 5.57 Å². The summed E-state index contributed by atoms with van der Waals surface area (Å²) in [6.45, 7) is 13.0. The van der Waals surface area contributed by atoms with Gasteiger partial charge in [0.1, 0.15) is 24.1 Å². The van der Waals surface area contributed by atoms with Crippen LogP contribution in [0.1, 0.15) is 58.1 Å². The summed E-state index contributed by atoms with van der Waals surface area (Å²) in [5, 5.41) is 55.0. The smallest absolute Gasteiger partial charge is 0.264 e. The number of carbonyl (C=O) groups is 3. The van der Waals surface area contributed by atoms with Crippen LogP contribution in [0.25, 0.3) is 0 Å². The molecular formula is C48H63N3O11Si. The van der Waals surface area contributed by atoms with Gasteiger partial charge in [0.2, 0.25) is 5.91 Å². The average Bonchev–Trinajstić information content (AvgIpc) is 3.68. The Morgan fingerprint density at radius 1 is 0.952 bits per heavy atom. The van der Waals surface area contributed by atoms with E-state index in [4.69, 9.17) is 14.2 Å². The van der Waals surface area contributed by atoms with Crippen LogP contribution in [0, 0.1) is 5.92 Å². The molecule has 3 aromatic rings. The van der Waals surface area contributed by atoms with Crippen LogP contribution in [0.2, 0.25) is 18.6 Å². The molecule has 14 nitrogen and oxygen atoms in total. The lowest BCUT2D eigenvalue weighted by atomic mass is 9.82. The summed E-state index contributed by atoms with van der Waals surface area (Å²) >= 11 is 0. The van der Waals surface area contributed by atoms with Crippen molar-refractivity contribution in [1.29, 1.82) is 0 Å². The molecule has 9 atom stereocenters. The minimum atomic E-state index is -2.69. The fraction of sp³-hybridized carbons (Fsp3) is 0.479. The number of aliphatic hydroxyl groups is 5. The SMILES string of the molecule is COc1ccc([Si](C)(C)[C@H]2[C@H](CC(=O)N(CCO)Cc3ccccc3)O[C@@]3(C(=O)N(C/C=C(\C)CCC=C(C)C)c4ccc(NC(=O)[C@H]5O[C@@H](O)[C@H](O)[C@@H](O)[C@@H]5O)cc43)[C@@H]2C)cc1. The first-order valence-corrected chi connectivity index (χ1v) is 24.7. The molecule has 0 saturated carbocycles. The third kappa shape index (κ3) is 9.86. The number of methoxy groups -OCH3 is 1. The van der Waals surface area contributed by atoms with E-state index in [0.29, 0.717) is 17.0 Å². The Morgan fingerprint density at radius 2 is 1.65 bits per heavy atom. The highest BCUT2D eigenvalue weighted by molar-refractivity contribution is 6.91. The van der Waals surface area contributed by atoms with Gasteiger partial charge in [0.05, 0.1) is 40.0 Å². The molecule has 2 saturated heterocycles. The molecular weight excluding hydrogens is 823 g/mol. The van der Waals surface area contributed by atoms with Gasteiger partial charge in [-0.25, -0.2) is 0 Å². The number of amides is 3. The minimum absolute atomic E-state index is 0.0635. The summed E-state index contributed by atoms with van der Waals surface area (Å²) in [5.41, 5.74) is 2.60. The van der Waals surface area contributed by atoms with Gasteiger partial charge in [-0.2, -0.15) is 0 Å². The maximum atomic E-state index is 15.5. The topological polar surface area (TPSA) is 199 Å². The highest BCUT2D eigenvalue weighted by atomic mass is 28.3. The van der Waals surface area contributed by atoms with Crippen LogP contribution >= 0.6 is 0 Å². The highest BCUT2D eigenvalue weighted by Crippen LogP contribution is 2.60. The molecule has 3 heterocycles. The number of carbonyl (C=O) groups excluding carboxylic acids is 3. The fourth-order valence-electron chi connectivity index (χ4n) is 9.52. The molecule has 3 aliphatic heterocycles. The molecule has 340 valence electrons. The lowest BCUT2D eigenvalue weighted by Gasteiger charge is -2.37. The molecule has 3 aliphatic rings. The lowest BCUT2D eigenvalue weighted by molar-refractivity contribution is -0.274. The molecule has 1 spiro atoms. The fourth-order valence-corrected chi connectivity index (χ4v) is 13.5. The second-order valence-corrected chi connectivity index (χ2v) is 22.5. The van der Waals surface area contributed by atoms with Gasteiger partial charge in [0.25, 0.3) is 11.8 Å². The van der Waals surface area contributed by atoms with Crippen molar-refractivity contribution in [3.8, 4) is 5.75 Å². The third-order valence-corrected chi connectivity index (χ3v) is 17.3. The van der Waals surface area contributed by atoms with Gasteiger partial charge >= 0.3 is 0 Å². The standard InChI is InChI=1S/C48H63N3O11Si/c1-29(2)12-11-13-30(3)22-23-51-37-21-16-33(49-45(57)43-41(55)40(54)42(56)46(58)61-43)26-36(37)48(47(51)59)31(4)44(63(6,7)35-19-17-34(60-5)18-20-35)38(62-48)27-39(53)50(24-25-52)28-32-14-9-8-10-15-32/h8-10,12,14-22,26,31,38,40-44,46,52,54-56,58H,11,13,23-25,27-28H2,1-7H3,(H,49,57)/b30-22+/t31-,38+,40+,41+,42-,43+,44-,46-,48+/m1/s1. The molecule has 15 heteroatoms. The predicted molar refractivity (Wildman–Crippen MR) is 242 cm³/mol. The Bertz CT molecular complexity index is 2160. The molecule has 0 aliphatic carbocycles. The number of fused-ring (bicyclic) bond motifs is 2. The van der Waals surface area contributed by atoms with Crippen molar-refractivity contribution in [1.82, 2.24) is 4.90 Å². The monoisotopic (exact) mass is 885 g/mol. The number of allylic oxidation sites excluding steroid dienone is 3. The van der Waals surface area contributed by atoms with Gasteiger partial charge in [0.15, 0.2) is 18.0 Å². The number of benzene rings is 3. The molecule has 3 amide bonds. The van der Waals surface area contributed by atoms with Crippen molar-refractivity contribution in [2.75, 3.05) is 37.0 Å². The Kier molecular flexibility index (Phi) is 15.2. The zero-order valence-electron chi connectivity index (χ0n) is 37.2. The van der Waals surface area contributed by atoms with Crippen LogP contribution < -0.4 is 20.1 Å². The number of nitrogens with one attached hydrogen (secondary N) is 1. The first kappa shape index (κ1) is 47.8. The van der Waals surface area contributed by atoms with E-state index in [1.54, 1.807) is 35.1 Å². The zero-order valence-corrected chi connectivity index (χ0v) is 38.2. The highest BCUT2D eigenvalue weighted by Gasteiger charge is 2.66. The molecule has 0 aromatic heterocycles. The number of hydrogen-bond acceptors (Lipinski definition) is 11. The van der Waals surface area contributed by atoms with Crippen LogP contribution in [0.15, 0.2) is 96.1 Å². The van der Waals surface area contributed by atoms with Gasteiger partial charge in [-0.3, -0.25) is 14.4 Å². The van der Waals surface area contributed by atoms with Crippen molar-refractivity contribution in [2.45, 2.75) is 115 Å². The predicted octanol–water partition coefficient (Wildman–Crippen LogP) is 4.10. The van der Waals surface area contributed by atoms with E-state index in [1.807, 2.05) is 74.5 Å². The van der Waals surface area contributed by atoms with Crippen LogP contribution in [-0.2, 0) is 36.0 Å².